The maximum Gasteiger partial charge on any atom is 0.244 e. The molecule has 0 saturated carbocycles. The number of hydrogen-bond acceptors (Lipinski definition) is 7. The van der Waals surface area contributed by atoms with Crippen molar-refractivity contribution in [2.75, 3.05) is 5.75 Å². The highest BCUT2D eigenvalue weighted by Crippen LogP contribution is 2.23. The summed E-state index contributed by atoms with van der Waals surface area (Å²) in [6.45, 7) is 0. The summed E-state index contributed by atoms with van der Waals surface area (Å²) in [6.07, 6.45) is 4.92. The van der Waals surface area contributed by atoms with Gasteiger partial charge in [0.25, 0.3) is 0 Å². The van der Waals surface area contributed by atoms with E-state index in [9.17, 15) is 4.79 Å². The van der Waals surface area contributed by atoms with E-state index in [-0.39, 0.29) is 11.7 Å². The van der Waals surface area contributed by atoms with Crippen LogP contribution in [0.2, 0.25) is 5.02 Å². The fraction of sp³-hybridized carbons (Fsp3) is 0.0625. The largest absolute Gasteiger partial charge is 0.294 e. The van der Waals surface area contributed by atoms with Gasteiger partial charge in [-0.2, -0.15) is 9.78 Å². The predicted octanol–water partition coefficient (Wildman–Crippen LogP) is 1.96. The molecule has 10 heteroatoms. The van der Waals surface area contributed by atoms with Gasteiger partial charge in [0, 0.05) is 28.5 Å². The number of pyridine rings is 1. The van der Waals surface area contributed by atoms with Gasteiger partial charge in [-0.25, -0.2) is 5.84 Å². The van der Waals surface area contributed by atoms with E-state index < -0.39 is 0 Å². The first kappa shape index (κ1) is 18.1. The zero-order chi connectivity index (χ0) is 18.4. The predicted molar refractivity (Wildman–Crippen MR) is 101 cm³/mol. The highest BCUT2D eigenvalue weighted by molar-refractivity contribution is 7.99. The average molecular weight is 388 g/mol. The van der Waals surface area contributed by atoms with Gasteiger partial charge in [-0.3, -0.25) is 15.2 Å². The second-order valence-corrected chi connectivity index (χ2v) is 6.33. The Morgan fingerprint density at radius 2 is 2.04 bits per heavy atom. The number of aromatic nitrogens is 4. The van der Waals surface area contributed by atoms with Crippen LogP contribution in [0.3, 0.4) is 0 Å². The van der Waals surface area contributed by atoms with Gasteiger partial charge in [0.2, 0.25) is 11.1 Å². The Labute approximate surface area is 158 Å². The number of carbonyl (C=O) groups excluding carboxylic acids is 1. The molecule has 1 aromatic carbocycles. The molecule has 0 saturated heterocycles. The molecule has 0 unspecified atom stereocenters. The summed E-state index contributed by atoms with van der Waals surface area (Å²) in [5.74, 6) is 5.40. The number of benzene rings is 1. The van der Waals surface area contributed by atoms with Crippen LogP contribution in [-0.2, 0) is 4.79 Å². The van der Waals surface area contributed by atoms with Crippen molar-refractivity contribution < 1.29 is 4.79 Å². The van der Waals surface area contributed by atoms with Crippen molar-refractivity contribution in [3.05, 3.63) is 59.4 Å². The van der Waals surface area contributed by atoms with Crippen LogP contribution in [0, 0.1) is 0 Å². The minimum atomic E-state index is -0.329. The molecule has 1 amide bonds. The van der Waals surface area contributed by atoms with Gasteiger partial charge >= 0.3 is 0 Å². The van der Waals surface area contributed by atoms with E-state index in [0.717, 1.165) is 11.1 Å². The van der Waals surface area contributed by atoms with Gasteiger partial charge in [-0.1, -0.05) is 41.6 Å². The number of halogens is 1. The normalized spacial score (nSPS) is 11.0. The van der Waals surface area contributed by atoms with Gasteiger partial charge in [-0.15, -0.1) is 10.2 Å². The molecule has 2 aromatic heterocycles. The number of nitrogens with two attached hydrogens (primary N) is 1. The third-order valence-electron chi connectivity index (χ3n) is 3.26. The molecule has 3 N–H and O–H groups in total. The molecule has 0 aliphatic heterocycles. The number of thioether (sulfide) groups is 1. The molecule has 3 rings (SSSR count). The van der Waals surface area contributed by atoms with Crippen molar-refractivity contribution in [1.82, 2.24) is 25.3 Å². The smallest absolute Gasteiger partial charge is 0.244 e. The zero-order valence-corrected chi connectivity index (χ0v) is 15.0. The first-order chi connectivity index (χ1) is 12.7. The first-order valence-corrected chi connectivity index (χ1v) is 8.82. The number of hydrazine groups is 1. The highest BCUT2D eigenvalue weighted by atomic mass is 35.5. The van der Waals surface area contributed by atoms with Crippen LogP contribution in [0.5, 0.6) is 0 Å². The SMILES string of the molecule is NNC(=O)CSc1nnc(-c2ccncc2)n1/N=C\c1ccccc1Cl. The van der Waals surface area contributed by atoms with E-state index in [0.29, 0.717) is 16.0 Å². The van der Waals surface area contributed by atoms with Crippen molar-refractivity contribution in [3.8, 4) is 11.4 Å². The number of nitrogens with one attached hydrogen (secondary N) is 1. The van der Waals surface area contributed by atoms with Crippen LogP contribution in [0.4, 0.5) is 0 Å². The Bertz CT molecular complexity index is 929. The summed E-state index contributed by atoms with van der Waals surface area (Å²) in [5.41, 5.74) is 3.62. The van der Waals surface area contributed by atoms with Gasteiger partial charge < -0.3 is 0 Å². The van der Waals surface area contributed by atoms with E-state index in [2.05, 4.69) is 25.7 Å². The van der Waals surface area contributed by atoms with E-state index in [1.54, 1.807) is 41.5 Å². The Morgan fingerprint density at radius 3 is 2.77 bits per heavy atom. The van der Waals surface area contributed by atoms with E-state index in [1.807, 2.05) is 18.2 Å². The molecule has 0 atom stereocenters. The molecule has 132 valence electrons. The lowest BCUT2D eigenvalue weighted by atomic mass is 10.2. The monoisotopic (exact) mass is 387 g/mol. The third-order valence-corrected chi connectivity index (χ3v) is 4.52. The summed E-state index contributed by atoms with van der Waals surface area (Å²) in [5, 5.41) is 13.8. The maximum atomic E-state index is 11.4. The summed E-state index contributed by atoms with van der Waals surface area (Å²) >= 11 is 7.34. The Hall–Kier alpha value is -2.75. The molecule has 8 nitrogen and oxygen atoms in total. The molecule has 0 spiro atoms. The first-order valence-electron chi connectivity index (χ1n) is 7.46. The second-order valence-electron chi connectivity index (χ2n) is 4.98. The van der Waals surface area contributed by atoms with Crippen LogP contribution in [-0.4, -0.2) is 37.7 Å². The summed E-state index contributed by atoms with van der Waals surface area (Å²) in [6, 6.07) is 10.9. The van der Waals surface area contributed by atoms with Crippen LogP contribution < -0.4 is 11.3 Å². The molecule has 2 heterocycles. The standard InChI is InChI=1S/C16H14ClN7OS/c17-13-4-2-1-3-12(13)9-20-24-15(11-5-7-19-8-6-11)22-23-16(24)26-10-14(25)21-18/h1-9H,10,18H2,(H,21,25)/b20-9-. The number of rotatable bonds is 6. The fourth-order valence-corrected chi connectivity index (χ4v) is 2.89. The Morgan fingerprint density at radius 1 is 1.27 bits per heavy atom. The van der Waals surface area contributed by atoms with Gasteiger partial charge in [-0.05, 0) is 18.2 Å². The molecule has 0 aliphatic carbocycles. The van der Waals surface area contributed by atoms with Crippen molar-refractivity contribution in [2.45, 2.75) is 5.16 Å². The van der Waals surface area contributed by atoms with Crippen LogP contribution >= 0.6 is 23.4 Å². The fourth-order valence-electron chi connectivity index (χ4n) is 2.01. The van der Waals surface area contributed by atoms with Crippen molar-refractivity contribution in [1.29, 1.82) is 0 Å². The second kappa shape index (κ2) is 8.56. The molecule has 0 bridgehead atoms. The molecular formula is C16H14ClN7OS. The lowest BCUT2D eigenvalue weighted by molar-refractivity contribution is -0.118. The van der Waals surface area contributed by atoms with Crippen LogP contribution in [0.1, 0.15) is 5.56 Å². The zero-order valence-electron chi connectivity index (χ0n) is 13.4. The molecule has 0 radical (unpaired) electrons. The molecule has 0 aliphatic rings. The van der Waals surface area contributed by atoms with Crippen molar-refractivity contribution >= 4 is 35.5 Å². The molecule has 3 aromatic rings. The topological polar surface area (TPSA) is 111 Å². The Kier molecular flexibility index (Phi) is 5.95. The summed E-state index contributed by atoms with van der Waals surface area (Å²) in [7, 11) is 0. The summed E-state index contributed by atoms with van der Waals surface area (Å²) in [4.78, 5) is 15.4. The van der Waals surface area contributed by atoms with Gasteiger partial charge in [0.15, 0.2) is 5.82 Å². The number of nitrogens with zero attached hydrogens (tertiary/aromatic N) is 5. The lowest BCUT2D eigenvalue weighted by Gasteiger charge is -2.04. The minimum absolute atomic E-state index is 0.0899. The third kappa shape index (κ3) is 4.26. The van der Waals surface area contributed by atoms with Crippen LogP contribution in [0.25, 0.3) is 11.4 Å². The highest BCUT2D eigenvalue weighted by Gasteiger charge is 2.15. The van der Waals surface area contributed by atoms with Gasteiger partial charge in [0.05, 0.1) is 12.0 Å². The average Bonchev–Trinajstić information content (AvgIpc) is 3.09. The molecular weight excluding hydrogens is 374 g/mol. The number of hydrogen-bond donors (Lipinski definition) is 2. The molecule has 0 fully saturated rings. The van der Waals surface area contributed by atoms with Gasteiger partial charge in [0.1, 0.15) is 0 Å². The van der Waals surface area contributed by atoms with E-state index >= 15 is 0 Å². The van der Waals surface area contributed by atoms with Crippen molar-refractivity contribution in [3.63, 3.8) is 0 Å². The van der Waals surface area contributed by atoms with E-state index in [4.69, 9.17) is 17.4 Å². The minimum Gasteiger partial charge on any atom is -0.294 e. The number of amides is 1. The summed E-state index contributed by atoms with van der Waals surface area (Å²) < 4.78 is 1.55. The maximum absolute atomic E-state index is 11.4. The lowest BCUT2D eigenvalue weighted by Crippen LogP contribution is -2.31. The van der Waals surface area contributed by atoms with Crippen LogP contribution in [0.15, 0.2) is 59.0 Å². The quantitative estimate of drug-likeness (QED) is 0.220. The number of carbonyl (C=O) groups is 1. The Balaban J connectivity index is 1.97. The van der Waals surface area contributed by atoms with E-state index in [1.165, 1.54) is 11.8 Å². The van der Waals surface area contributed by atoms with Crippen molar-refractivity contribution in [2.24, 2.45) is 10.9 Å². The molecule has 26 heavy (non-hydrogen) atoms.